The van der Waals surface area contributed by atoms with Gasteiger partial charge in [0.05, 0.1) is 5.69 Å². The molecule has 1 aromatic rings. The predicted molar refractivity (Wildman–Crippen MR) is 90.4 cm³/mol. The van der Waals surface area contributed by atoms with Crippen LogP contribution in [0.2, 0.25) is 0 Å². The molecule has 0 aliphatic carbocycles. The Morgan fingerprint density at radius 2 is 2.15 bits per heavy atom. The van der Waals surface area contributed by atoms with Gasteiger partial charge in [-0.3, -0.25) is 4.90 Å². The van der Waals surface area contributed by atoms with Gasteiger partial charge in [-0.25, -0.2) is 0 Å². The summed E-state index contributed by atoms with van der Waals surface area (Å²) in [5, 5.41) is 0. The van der Waals surface area contributed by atoms with Crippen molar-refractivity contribution < 1.29 is 0 Å². The summed E-state index contributed by atoms with van der Waals surface area (Å²) in [5.41, 5.74) is 8.49. The number of nitrogens with zero attached hydrogens (tertiary/aromatic N) is 2. The van der Waals surface area contributed by atoms with E-state index in [0.717, 1.165) is 26.1 Å². The number of hydrogen-bond acceptors (Lipinski definition) is 3. The van der Waals surface area contributed by atoms with E-state index in [1.54, 1.807) is 0 Å². The molecular formula is C16H26BrN3. The molecule has 0 amide bonds. The van der Waals surface area contributed by atoms with Gasteiger partial charge in [0.1, 0.15) is 0 Å². The minimum absolute atomic E-state index is 0.209. The number of halogens is 1. The highest BCUT2D eigenvalue weighted by atomic mass is 79.9. The zero-order chi connectivity index (χ0) is 14.7. The summed E-state index contributed by atoms with van der Waals surface area (Å²) in [6.07, 6.45) is 2.13. The average Bonchev–Trinajstić information content (AvgIpc) is 2.39. The molecule has 0 bridgehead atoms. The molecule has 0 radical (unpaired) electrons. The molecular weight excluding hydrogens is 314 g/mol. The molecule has 0 saturated carbocycles. The maximum Gasteiger partial charge on any atom is 0.0511 e. The summed E-state index contributed by atoms with van der Waals surface area (Å²) in [4.78, 5) is 4.96. The van der Waals surface area contributed by atoms with Crippen molar-refractivity contribution in [2.75, 3.05) is 31.6 Å². The fourth-order valence-corrected chi connectivity index (χ4v) is 3.59. The second-order valence-corrected chi connectivity index (χ2v) is 6.81. The van der Waals surface area contributed by atoms with E-state index >= 15 is 0 Å². The molecule has 3 nitrogen and oxygen atoms in total. The molecule has 1 aromatic carbocycles. The van der Waals surface area contributed by atoms with Gasteiger partial charge in [-0.1, -0.05) is 13.0 Å². The second kappa shape index (κ2) is 6.92. The predicted octanol–water partition coefficient (Wildman–Crippen LogP) is 2.87. The van der Waals surface area contributed by atoms with E-state index in [1.165, 1.54) is 22.1 Å². The third kappa shape index (κ3) is 3.74. The second-order valence-electron chi connectivity index (χ2n) is 5.96. The summed E-state index contributed by atoms with van der Waals surface area (Å²) in [6, 6.07) is 7.53. The highest BCUT2D eigenvalue weighted by molar-refractivity contribution is 9.10. The lowest BCUT2D eigenvalue weighted by Gasteiger charge is -2.40. The van der Waals surface area contributed by atoms with E-state index in [4.69, 9.17) is 5.73 Å². The van der Waals surface area contributed by atoms with Crippen molar-refractivity contribution >= 4 is 21.6 Å². The Labute approximate surface area is 131 Å². The Bertz CT molecular complexity index is 447. The summed E-state index contributed by atoms with van der Waals surface area (Å²) in [6.45, 7) is 7.66. The van der Waals surface area contributed by atoms with Crippen LogP contribution >= 0.6 is 15.9 Å². The topological polar surface area (TPSA) is 32.5 Å². The van der Waals surface area contributed by atoms with Crippen molar-refractivity contribution in [3.8, 4) is 0 Å². The van der Waals surface area contributed by atoms with E-state index in [-0.39, 0.29) is 6.04 Å². The van der Waals surface area contributed by atoms with Gasteiger partial charge in [-0.05, 0) is 60.4 Å². The van der Waals surface area contributed by atoms with E-state index in [9.17, 15) is 0 Å². The molecule has 0 spiro atoms. The smallest absolute Gasteiger partial charge is 0.0511 e. The SMILES string of the molecule is CCC1CN(c2ccc(CC(C)N)cc2Br)CCN1C. The first-order valence-electron chi connectivity index (χ1n) is 7.50. The third-order valence-corrected chi connectivity index (χ3v) is 4.79. The minimum Gasteiger partial charge on any atom is -0.368 e. The van der Waals surface area contributed by atoms with Crippen LogP contribution in [0.4, 0.5) is 5.69 Å². The van der Waals surface area contributed by atoms with Crippen LogP contribution in [0.15, 0.2) is 22.7 Å². The molecule has 4 heteroatoms. The maximum absolute atomic E-state index is 5.88. The lowest BCUT2D eigenvalue weighted by Crippen LogP contribution is -2.51. The van der Waals surface area contributed by atoms with Crippen molar-refractivity contribution in [3.63, 3.8) is 0 Å². The number of nitrogens with two attached hydrogens (primary N) is 1. The molecule has 2 rings (SSSR count). The van der Waals surface area contributed by atoms with Gasteiger partial charge >= 0.3 is 0 Å². The molecule has 1 aliphatic heterocycles. The van der Waals surface area contributed by atoms with Crippen LogP contribution in [-0.4, -0.2) is 43.7 Å². The lowest BCUT2D eigenvalue weighted by molar-refractivity contribution is 0.213. The van der Waals surface area contributed by atoms with E-state index in [0.29, 0.717) is 6.04 Å². The van der Waals surface area contributed by atoms with Crippen LogP contribution in [-0.2, 0) is 6.42 Å². The number of rotatable bonds is 4. The lowest BCUT2D eigenvalue weighted by atomic mass is 10.1. The van der Waals surface area contributed by atoms with E-state index in [1.807, 2.05) is 6.92 Å². The van der Waals surface area contributed by atoms with Gasteiger partial charge in [0.25, 0.3) is 0 Å². The molecule has 1 saturated heterocycles. The van der Waals surface area contributed by atoms with Crippen molar-refractivity contribution in [2.45, 2.75) is 38.8 Å². The van der Waals surface area contributed by atoms with Crippen molar-refractivity contribution in [1.29, 1.82) is 0 Å². The molecule has 2 N–H and O–H groups in total. The standard InChI is InChI=1S/C16H26BrN3/c1-4-14-11-20(8-7-19(14)3)16-6-5-13(9-12(2)18)10-15(16)17/h5-6,10,12,14H,4,7-9,11,18H2,1-3H3. The average molecular weight is 340 g/mol. The molecule has 2 atom stereocenters. The first-order valence-corrected chi connectivity index (χ1v) is 8.29. The van der Waals surface area contributed by atoms with Crippen LogP contribution in [0.1, 0.15) is 25.8 Å². The molecule has 0 aromatic heterocycles. The monoisotopic (exact) mass is 339 g/mol. The third-order valence-electron chi connectivity index (χ3n) is 4.16. The maximum atomic E-state index is 5.88. The van der Waals surface area contributed by atoms with Crippen LogP contribution in [0.5, 0.6) is 0 Å². The molecule has 112 valence electrons. The Morgan fingerprint density at radius 3 is 2.75 bits per heavy atom. The molecule has 1 fully saturated rings. The Hall–Kier alpha value is -0.580. The zero-order valence-electron chi connectivity index (χ0n) is 12.8. The number of piperazine rings is 1. The van der Waals surface area contributed by atoms with Crippen molar-refractivity contribution in [1.82, 2.24) is 4.90 Å². The summed E-state index contributed by atoms with van der Waals surface area (Å²) < 4.78 is 1.19. The number of hydrogen-bond donors (Lipinski definition) is 1. The van der Waals surface area contributed by atoms with Crippen LogP contribution in [0.3, 0.4) is 0 Å². The number of anilines is 1. The zero-order valence-corrected chi connectivity index (χ0v) is 14.4. The molecule has 2 unspecified atom stereocenters. The normalized spacial score (nSPS) is 22.1. The number of likely N-dealkylation sites (N-methyl/N-ethyl adjacent to an activating group) is 1. The number of benzene rings is 1. The largest absolute Gasteiger partial charge is 0.368 e. The van der Waals surface area contributed by atoms with Crippen molar-refractivity contribution in [3.05, 3.63) is 28.2 Å². The Balaban J connectivity index is 2.12. The molecule has 1 aliphatic rings. The van der Waals surface area contributed by atoms with Gasteiger partial charge in [0.15, 0.2) is 0 Å². The quantitative estimate of drug-likeness (QED) is 0.915. The van der Waals surface area contributed by atoms with Gasteiger partial charge in [-0.15, -0.1) is 0 Å². The summed E-state index contributed by atoms with van der Waals surface area (Å²) >= 11 is 3.73. The van der Waals surface area contributed by atoms with Gasteiger partial charge in [0.2, 0.25) is 0 Å². The Morgan fingerprint density at radius 1 is 1.40 bits per heavy atom. The Kier molecular flexibility index (Phi) is 5.47. The highest BCUT2D eigenvalue weighted by Crippen LogP contribution is 2.29. The summed E-state index contributed by atoms with van der Waals surface area (Å²) in [5.74, 6) is 0. The first-order chi connectivity index (χ1) is 9.51. The van der Waals surface area contributed by atoms with Gasteiger partial charge in [-0.2, -0.15) is 0 Å². The van der Waals surface area contributed by atoms with E-state index in [2.05, 4.69) is 57.9 Å². The first kappa shape index (κ1) is 15.8. The fourth-order valence-electron chi connectivity index (χ4n) is 2.91. The van der Waals surface area contributed by atoms with Gasteiger partial charge in [0, 0.05) is 36.2 Å². The molecule has 1 heterocycles. The highest BCUT2D eigenvalue weighted by Gasteiger charge is 2.24. The molecule has 20 heavy (non-hydrogen) atoms. The summed E-state index contributed by atoms with van der Waals surface area (Å²) in [7, 11) is 2.23. The fraction of sp³-hybridized carbons (Fsp3) is 0.625. The van der Waals surface area contributed by atoms with Gasteiger partial charge < -0.3 is 10.6 Å². The van der Waals surface area contributed by atoms with Crippen LogP contribution in [0.25, 0.3) is 0 Å². The van der Waals surface area contributed by atoms with Crippen LogP contribution < -0.4 is 10.6 Å². The van der Waals surface area contributed by atoms with Crippen molar-refractivity contribution in [2.24, 2.45) is 5.73 Å². The van der Waals surface area contributed by atoms with Crippen LogP contribution in [0, 0.1) is 0 Å². The van der Waals surface area contributed by atoms with E-state index < -0.39 is 0 Å². The minimum atomic E-state index is 0.209.